The molecule has 108 valence electrons. The van der Waals surface area contributed by atoms with Crippen LogP contribution in [-0.4, -0.2) is 34.5 Å². The molecule has 1 amide bonds. The third-order valence-electron chi connectivity index (χ3n) is 3.63. The molecule has 0 radical (unpaired) electrons. The average Bonchev–Trinajstić information content (AvgIpc) is 3.24. The summed E-state index contributed by atoms with van der Waals surface area (Å²) in [5, 5.41) is 8.80. The monoisotopic (exact) mass is 276 g/mol. The van der Waals surface area contributed by atoms with Crippen molar-refractivity contribution in [2.75, 3.05) is 6.54 Å². The maximum absolute atomic E-state index is 12.7. The summed E-state index contributed by atoms with van der Waals surface area (Å²) in [5.41, 5.74) is 5.83. The van der Waals surface area contributed by atoms with E-state index in [1.165, 1.54) is 0 Å². The predicted octanol–water partition coefficient (Wildman–Crippen LogP) is 1.33. The third kappa shape index (κ3) is 3.17. The van der Waals surface area contributed by atoms with Gasteiger partial charge in [-0.25, -0.2) is 0 Å². The van der Waals surface area contributed by atoms with E-state index in [2.05, 4.69) is 0 Å². The number of carbonyl (C=O) groups excluding carboxylic acids is 1. The van der Waals surface area contributed by atoms with Crippen molar-refractivity contribution in [2.24, 2.45) is 5.73 Å². The van der Waals surface area contributed by atoms with Crippen molar-refractivity contribution in [1.29, 1.82) is 0 Å². The molecule has 2 rings (SSSR count). The zero-order chi connectivity index (χ0) is 14.8. The summed E-state index contributed by atoms with van der Waals surface area (Å²) in [6, 6.07) is 9.33. The Labute approximate surface area is 118 Å². The molecular weight excluding hydrogens is 256 g/mol. The zero-order valence-electron chi connectivity index (χ0n) is 11.6. The zero-order valence-corrected chi connectivity index (χ0v) is 11.6. The van der Waals surface area contributed by atoms with E-state index in [0.717, 1.165) is 18.4 Å². The quantitative estimate of drug-likeness (QED) is 0.821. The molecule has 0 aromatic heterocycles. The summed E-state index contributed by atoms with van der Waals surface area (Å²) in [4.78, 5) is 25.0. The van der Waals surface area contributed by atoms with Gasteiger partial charge in [0.1, 0.15) is 5.54 Å². The number of nitrogens with two attached hydrogens (primary N) is 1. The number of amides is 1. The molecule has 1 aliphatic rings. The van der Waals surface area contributed by atoms with Crippen LogP contribution in [0.2, 0.25) is 0 Å². The first-order valence-electron chi connectivity index (χ1n) is 6.80. The highest BCUT2D eigenvalue weighted by atomic mass is 16.4. The minimum atomic E-state index is -1.12. The summed E-state index contributed by atoms with van der Waals surface area (Å²) < 4.78 is 0. The van der Waals surface area contributed by atoms with Gasteiger partial charge in [0.05, 0.1) is 6.42 Å². The maximum Gasteiger partial charge on any atom is 0.305 e. The number of hydrogen-bond acceptors (Lipinski definition) is 3. The standard InChI is InChI=1S/C15H20N2O3/c1-15(16,11-5-3-2-4-6-11)14(20)17(12-7-8-12)10-9-13(18)19/h2-6,12H,7-10,16H2,1H3,(H,18,19). The van der Waals surface area contributed by atoms with Crippen molar-refractivity contribution < 1.29 is 14.7 Å². The van der Waals surface area contributed by atoms with Crippen LogP contribution in [0.25, 0.3) is 0 Å². The van der Waals surface area contributed by atoms with Crippen LogP contribution in [0.3, 0.4) is 0 Å². The lowest BCUT2D eigenvalue weighted by atomic mass is 9.91. The smallest absolute Gasteiger partial charge is 0.305 e. The van der Waals surface area contributed by atoms with Gasteiger partial charge < -0.3 is 15.7 Å². The Morgan fingerprint density at radius 3 is 2.45 bits per heavy atom. The molecule has 20 heavy (non-hydrogen) atoms. The van der Waals surface area contributed by atoms with Crippen LogP contribution in [-0.2, 0) is 15.1 Å². The number of carbonyl (C=O) groups is 2. The van der Waals surface area contributed by atoms with Crippen LogP contribution in [0.5, 0.6) is 0 Å². The summed E-state index contributed by atoms with van der Waals surface area (Å²) in [7, 11) is 0. The number of nitrogens with zero attached hydrogens (tertiary/aromatic N) is 1. The molecule has 0 saturated heterocycles. The largest absolute Gasteiger partial charge is 0.481 e. The van der Waals surface area contributed by atoms with E-state index in [1.54, 1.807) is 11.8 Å². The van der Waals surface area contributed by atoms with Gasteiger partial charge in [0.25, 0.3) is 0 Å². The van der Waals surface area contributed by atoms with Crippen LogP contribution >= 0.6 is 0 Å². The number of carboxylic acids is 1. The van der Waals surface area contributed by atoms with Crippen molar-refractivity contribution >= 4 is 11.9 Å². The maximum atomic E-state index is 12.7. The first kappa shape index (κ1) is 14.5. The van der Waals surface area contributed by atoms with Crippen LogP contribution < -0.4 is 5.73 Å². The topological polar surface area (TPSA) is 83.6 Å². The summed E-state index contributed by atoms with van der Waals surface area (Å²) in [5.74, 6) is -1.10. The van der Waals surface area contributed by atoms with Gasteiger partial charge in [-0.2, -0.15) is 0 Å². The van der Waals surface area contributed by atoms with Crippen molar-refractivity contribution in [3.63, 3.8) is 0 Å². The number of benzene rings is 1. The highest BCUT2D eigenvalue weighted by molar-refractivity contribution is 5.88. The predicted molar refractivity (Wildman–Crippen MR) is 75.0 cm³/mol. The minimum absolute atomic E-state index is 0.0485. The molecule has 1 fully saturated rings. The van der Waals surface area contributed by atoms with Crippen molar-refractivity contribution in [2.45, 2.75) is 37.8 Å². The van der Waals surface area contributed by atoms with Crippen LogP contribution in [0, 0.1) is 0 Å². The Morgan fingerprint density at radius 1 is 1.35 bits per heavy atom. The van der Waals surface area contributed by atoms with Gasteiger partial charge >= 0.3 is 5.97 Å². The van der Waals surface area contributed by atoms with E-state index in [1.807, 2.05) is 30.3 Å². The van der Waals surface area contributed by atoms with E-state index in [0.29, 0.717) is 0 Å². The second kappa shape index (κ2) is 5.63. The fourth-order valence-corrected chi connectivity index (χ4v) is 2.26. The van der Waals surface area contributed by atoms with E-state index < -0.39 is 11.5 Å². The molecule has 0 heterocycles. The van der Waals surface area contributed by atoms with Gasteiger partial charge in [-0.1, -0.05) is 30.3 Å². The third-order valence-corrected chi connectivity index (χ3v) is 3.63. The highest BCUT2D eigenvalue weighted by Gasteiger charge is 2.40. The molecular formula is C15H20N2O3. The molecule has 1 aliphatic carbocycles. The Hall–Kier alpha value is -1.88. The highest BCUT2D eigenvalue weighted by Crippen LogP contribution is 2.31. The van der Waals surface area contributed by atoms with E-state index >= 15 is 0 Å². The number of aliphatic carboxylic acids is 1. The fraction of sp³-hybridized carbons (Fsp3) is 0.467. The van der Waals surface area contributed by atoms with Crippen molar-refractivity contribution in [3.05, 3.63) is 35.9 Å². The first-order valence-corrected chi connectivity index (χ1v) is 6.80. The number of rotatable bonds is 6. The van der Waals surface area contributed by atoms with Gasteiger partial charge in [0, 0.05) is 12.6 Å². The van der Waals surface area contributed by atoms with Crippen molar-refractivity contribution in [3.8, 4) is 0 Å². The van der Waals surface area contributed by atoms with Crippen LogP contribution in [0.4, 0.5) is 0 Å². The molecule has 1 aromatic carbocycles. The second-order valence-corrected chi connectivity index (χ2v) is 5.44. The number of hydrogen-bond donors (Lipinski definition) is 2. The molecule has 5 nitrogen and oxygen atoms in total. The SMILES string of the molecule is CC(N)(C(=O)N(CCC(=O)O)C1CC1)c1ccccc1. The van der Waals surface area contributed by atoms with Crippen LogP contribution in [0.1, 0.15) is 31.7 Å². The minimum Gasteiger partial charge on any atom is -0.481 e. The molecule has 1 unspecified atom stereocenters. The Bertz CT molecular complexity index is 495. The van der Waals surface area contributed by atoms with Gasteiger partial charge in [-0.15, -0.1) is 0 Å². The van der Waals surface area contributed by atoms with Gasteiger partial charge in [-0.3, -0.25) is 9.59 Å². The lowest BCUT2D eigenvalue weighted by Crippen LogP contribution is -2.52. The molecule has 1 aromatic rings. The van der Waals surface area contributed by atoms with Gasteiger partial charge in [0.2, 0.25) is 5.91 Å². The molecule has 0 aliphatic heterocycles. The van der Waals surface area contributed by atoms with Gasteiger partial charge in [0.15, 0.2) is 0 Å². The molecule has 5 heteroatoms. The molecule has 1 atom stereocenters. The molecule has 0 spiro atoms. The first-order chi connectivity index (χ1) is 9.43. The Morgan fingerprint density at radius 2 is 1.95 bits per heavy atom. The lowest BCUT2D eigenvalue weighted by Gasteiger charge is -2.32. The van der Waals surface area contributed by atoms with E-state index in [-0.39, 0.29) is 24.9 Å². The van der Waals surface area contributed by atoms with Crippen molar-refractivity contribution in [1.82, 2.24) is 4.90 Å². The van der Waals surface area contributed by atoms with E-state index in [4.69, 9.17) is 10.8 Å². The molecule has 1 saturated carbocycles. The summed E-state index contributed by atoms with van der Waals surface area (Å²) >= 11 is 0. The average molecular weight is 276 g/mol. The van der Waals surface area contributed by atoms with E-state index in [9.17, 15) is 9.59 Å². The Kier molecular flexibility index (Phi) is 4.09. The number of carboxylic acid groups (broad SMARTS) is 1. The Balaban J connectivity index is 2.16. The second-order valence-electron chi connectivity index (χ2n) is 5.44. The summed E-state index contributed by atoms with van der Waals surface area (Å²) in [6.45, 7) is 1.90. The summed E-state index contributed by atoms with van der Waals surface area (Å²) in [6.07, 6.45) is 1.81. The fourth-order valence-electron chi connectivity index (χ4n) is 2.26. The molecule has 3 N–H and O–H groups in total. The lowest BCUT2D eigenvalue weighted by molar-refractivity contribution is -0.140. The normalized spacial score (nSPS) is 17.3. The van der Waals surface area contributed by atoms with Gasteiger partial charge in [-0.05, 0) is 25.3 Å². The van der Waals surface area contributed by atoms with Crippen LogP contribution in [0.15, 0.2) is 30.3 Å². The molecule has 0 bridgehead atoms.